The van der Waals surface area contributed by atoms with Gasteiger partial charge in [0, 0.05) is 66.6 Å². The number of benzene rings is 1. The number of carbonyl (C=O) groups is 1. The summed E-state index contributed by atoms with van der Waals surface area (Å²) in [4.78, 5) is 23.9. The monoisotopic (exact) mass is 470 g/mol. The Labute approximate surface area is 199 Å². The van der Waals surface area contributed by atoms with Crippen molar-refractivity contribution < 1.29 is 9.53 Å². The number of aromatic amines is 1. The Morgan fingerprint density at radius 1 is 1.24 bits per heavy atom. The van der Waals surface area contributed by atoms with Crippen LogP contribution in [0.2, 0.25) is 5.02 Å². The molecule has 2 saturated heterocycles. The summed E-state index contributed by atoms with van der Waals surface area (Å²) in [6.45, 7) is 4.07. The zero-order chi connectivity index (χ0) is 22.7. The van der Waals surface area contributed by atoms with Gasteiger partial charge in [0.05, 0.1) is 7.11 Å². The molecule has 2 aromatic rings. The van der Waals surface area contributed by atoms with Gasteiger partial charge in [-0.1, -0.05) is 17.7 Å². The maximum Gasteiger partial charge on any atom is 0.320 e. The lowest BCUT2D eigenvalue weighted by atomic mass is 9.57. The fraction of sp³-hybridized carbons (Fsp3) is 0.625. The number of methoxy groups -OCH3 is 1. The fourth-order valence-corrected chi connectivity index (χ4v) is 5.83. The highest BCUT2D eigenvalue weighted by Crippen LogP contribution is 2.55. The van der Waals surface area contributed by atoms with E-state index in [4.69, 9.17) is 21.3 Å². The highest BCUT2D eigenvalue weighted by molar-refractivity contribution is 6.30. The molecule has 3 heterocycles. The van der Waals surface area contributed by atoms with Crippen LogP contribution in [-0.2, 0) is 6.54 Å². The Morgan fingerprint density at radius 2 is 2.00 bits per heavy atom. The number of nitrogens with zero attached hydrogens (tertiary/aromatic N) is 5. The second-order valence-corrected chi connectivity index (χ2v) is 11.0. The number of urea groups is 1. The summed E-state index contributed by atoms with van der Waals surface area (Å²) >= 11 is 6.07. The third-order valence-electron chi connectivity index (χ3n) is 7.96. The standard InChI is InChI=1S/C24H31ClN6O2/c1-29(10-16-5-6-18(25)7-20(16)33-2)19-11-30(12-19)23(32)31-13-24(14-31)8-17(9-24)22-26-21(27-28-22)15-3-4-15/h5-7,15,17,19H,3-4,8-14H2,1-2H3,(H,26,27,28). The quantitative estimate of drug-likeness (QED) is 0.699. The van der Waals surface area contributed by atoms with E-state index in [1.165, 1.54) is 12.8 Å². The number of ether oxygens (including phenoxy) is 1. The molecule has 6 rings (SSSR count). The number of halogens is 1. The molecular formula is C24H31ClN6O2. The highest BCUT2D eigenvalue weighted by Gasteiger charge is 2.56. The molecule has 8 nitrogen and oxygen atoms in total. The molecule has 2 amide bonds. The first kappa shape index (κ1) is 21.2. The number of amides is 2. The van der Waals surface area contributed by atoms with E-state index in [-0.39, 0.29) is 6.03 Å². The predicted octanol–water partition coefficient (Wildman–Crippen LogP) is 3.46. The number of rotatable bonds is 6. The first-order chi connectivity index (χ1) is 15.9. The number of H-pyrrole nitrogens is 1. The van der Waals surface area contributed by atoms with Crippen LogP contribution in [0.5, 0.6) is 5.75 Å². The molecule has 0 bridgehead atoms. The van der Waals surface area contributed by atoms with Crippen molar-refractivity contribution in [1.82, 2.24) is 29.9 Å². The van der Waals surface area contributed by atoms with Crippen molar-refractivity contribution in [3.05, 3.63) is 40.4 Å². The number of likely N-dealkylation sites (tertiary alicyclic amines) is 2. The van der Waals surface area contributed by atoms with Gasteiger partial charge in [0.25, 0.3) is 0 Å². The molecule has 0 atom stereocenters. The van der Waals surface area contributed by atoms with E-state index in [0.717, 1.165) is 68.5 Å². The molecule has 2 aliphatic heterocycles. The average molecular weight is 471 g/mol. The van der Waals surface area contributed by atoms with Crippen LogP contribution in [0.15, 0.2) is 18.2 Å². The van der Waals surface area contributed by atoms with Crippen molar-refractivity contribution in [2.45, 2.75) is 50.1 Å². The SMILES string of the molecule is COc1cc(Cl)ccc1CN(C)C1CN(C(=O)N2CC3(CC(c4n[nH]c(C5CC5)n4)C3)C2)C1. The van der Waals surface area contributed by atoms with Gasteiger partial charge in [0.2, 0.25) is 0 Å². The second kappa shape index (κ2) is 7.87. The zero-order valence-electron chi connectivity index (χ0n) is 19.3. The second-order valence-electron chi connectivity index (χ2n) is 10.5. The van der Waals surface area contributed by atoms with Crippen LogP contribution < -0.4 is 4.74 Å². The Kier molecular flexibility index (Phi) is 5.07. The minimum atomic E-state index is 0.187. The number of aromatic nitrogens is 3. The first-order valence-electron chi connectivity index (χ1n) is 11.9. The normalized spacial score (nSPS) is 22.3. The lowest BCUT2D eigenvalue weighted by Gasteiger charge is -2.60. The van der Waals surface area contributed by atoms with Crippen LogP contribution >= 0.6 is 11.6 Å². The van der Waals surface area contributed by atoms with Crippen molar-refractivity contribution >= 4 is 17.6 Å². The van der Waals surface area contributed by atoms with Crippen LogP contribution in [0.1, 0.15) is 54.7 Å². The molecular weight excluding hydrogens is 440 g/mol. The third kappa shape index (κ3) is 3.87. The van der Waals surface area contributed by atoms with E-state index in [1.54, 1.807) is 7.11 Å². The van der Waals surface area contributed by atoms with Gasteiger partial charge in [0.15, 0.2) is 5.82 Å². The summed E-state index contributed by atoms with van der Waals surface area (Å²) < 4.78 is 5.47. The molecule has 1 N–H and O–H groups in total. The van der Waals surface area contributed by atoms with E-state index in [9.17, 15) is 4.79 Å². The summed E-state index contributed by atoms with van der Waals surface area (Å²) in [7, 11) is 3.77. The van der Waals surface area contributed by atoms with E-state index >= 15 is 0 Å². The van der Waals surface area contributed by atoms with Crippen molar-refractivity contribution in [2.24, 2.45) is 5.41 Å². The number of hydrogen-bond acceptors (Lipinski definition) is 5. The van der Waals surface area contributed by atoms with Gasteiger partial charge in [-0.25, -0.2) is 9.78 Å². The average Bonchev–Trinajstić information content (AvgIpc) is 3.44. The first-order valence-corrected chi connectivity index (χ1v) is 12.3. The van der Waals surface area contributed by atoms with E-state index in [2.05, 4.69) is 22.1 Å². The molecule has 2 aliphatic carbocycles. The summed E-state index contributed by atoms with van der Waals surface area (Å²) in [6, 6.07) is 6.30. The van der Waals surface area contributed by atoms with Gasteiger partial charge < -0.3 is 14.5 Å². The fourth-order valence-electron chi connectivity index (χ4n) is 5.67. The topological polar surface area (TPSA) is 77.6 Å². The molecule has 4 fully saturated rings. The molecule has 4 aliphatic rings. The molecule has 9 heteroatoms. The van der Waals surface area contributed by atoms with Gasteiger partial charge in [-0.3, -0.25) is 10.00 Å². The van der Waals surface area contributed by atoms with E-state index in [0.29, 0.717) is 28.3 Å². The number of likely N-dealkylation sites (N-methyl/N-ethyl adjacent to an activating group) is 1. The Balaban J connectivity index is 0.951. The Morgan fingerprint density at radius 3 is 2.70 bits per heavy atom. The van der Waals surface area contributed by atoms with Crippen LogP contribution in [0.3, 0.4) is 0 Å². The Hall–Kier alpha value is -2.32. The number of hydrogen-bond donors (Lipinski definition) is 1. The third-order valence-corrected chi connectivity index (χ3v) is 8.19. The molecule has 176 valence electrons. The smallest absolute Gasteiger partial charge is 0.320 e. The lowest BCUT2D eigenvalue weighted by Crippen LogP contribution is -2.69. The molecule has 0 unspecified atom stereocenters. The summed E-state index contributed by atoms with van der Waals surface area (Å²) in [5.74, 6) is 3.93. The zero-order valence-corrected chi connectivity index (χ0v) is 20.0. The maximum absolute atomic E-state index is 12.9. The van der Waals surface area contributed by atoms with Crippen molar-refractivity contribution in [2.75, 3.05) is 40.3 Å². The molecule has 0 radical (unpaired) electrons. The maximum atomic E-state index is 12.9. The molecule has 33 heavy (non-hydrogen) atoms. The summed E-state index contributed by atoms with van der Waals surface area (Å²) in [5, 5.41) is 8.25. The van der Waals surface area contributed by atoms with Crippen LogP contribution in [-0.4, -0.2) is 82.3 Å². The van der Waals surface area contributed by atoms with Crippen molar-refractivity contribution in [3.63, 3.8) is 0 Å². The number of nitrogens with one attached hydrogen (secondary N) is 1. The van der Waals surface area contributed by atoms with Gasteiger partial charge in [-0.2, -0.15) is 5.10 Å². The van der Waals surface area contributed by atoms with Crippen LogP contribution in [0, 0.1) is 5.41 Å². The molecule has 1 aromatic heterocycles. The Bertz CT molecular complexity index is 1050. The predicted molar refractivity (Wildman–Crippen MR) is 125 cm³/mol. The van der Waals surface area contributed by atoms with Gasteiger partial charge in [-0.15, -0.1) is 0 Å². The molecule has 2 saturated carbocycles. The largest absolute Gasteiger partial charge is 0.496 e. The van der Waals surface area contributed by atoms with E-state index in [1.807, 2.05) is 28.0 Å². The van der Waals surface area contributed by atoms with Gasteiger partial charge >= 0.3 is 6.03 Å². The van der Waals surface area contributed by atoms with Gasteiger partial charge in [-0.05, 0) is 44.9 Å². The van der Waals surface area contributed by atoms with Crippen LogP contribution in [0.4, 0.5) is 4.79 Å². The minimum absolute atomic E-state index is 0.187. The molecule has 1 aromatic carbocycles. The van der Waals surface area contributed by atoms with Crippen molar-refractivity contribution in [1.29, 1.82) is 0 Å². The highest BCUT2D eigenvalue weighted by atomic mass is 35.5. The van der Waals surface area contributed by atoms with Crippen molar-refractivity contribution in [3.8, 4) is 5.75 Å². The van der Waals surface area contributed by atoms with Crippen LogP contribution in [0.25, 0.3) is 0 Å². The summed E-state index contributed by atoms with van der Waals surface area (Å²) in [5.41, 5.74) is 1.40. The van der Waals surface area contributed by atoms with Gasteiger partial charge in [0.1, 0.15) is 11.6 Å². The molecule has 1 spiro atoms. The summed E-state index contributed by atoms with van der Waals surface area (Å²) in [6.07, 6.45) is 4.69. The van der Waals surface area contributed by atoms with E-state index < -0.39 is 0 Å². The lowest BCUT2D eigenvalue weighted by molar-refractivity contribution is -0.0642. The number of carbonyl (C=O) groups excluding carboxylic acids is 1. The minimum Gasteiger partial charge on any atom is -0.496 e.